The summed E-state index contributed by atoms with van der Waals surface area (Å²) < 4.78 is 5.38. The Morgan fingerprint density at radius 2 is 2.28 bits per heavy atom. The maximum atomic E-state index is 6.25. The van der Waals surface area contributed by atoms with E-state index in [4.69, 9.17) is 27.9 Å². The summed E-state index contributed by atoms with van der Waals surface area (Å²) in [4.78, 5) is 0. The van der Waals surface area contributed by atoms with Crippen LogP contribution in [0.15, 0.2) is 18.2 Å². The number of hydrogen-bond acceptors (Lipinski definition) is 2. The van der Waals surface area contributed by atoms with Crippen LogP contribution in [0.25, 0.3) is 0 Å². The summed E-state index contributed by atoms with van der Waals surface area (Å²) in [5.74, 6) is 0.630. The molecular weight excluding hydrogens is 269 g/mol. The Morgan fingerprint density at radius 3 is 2.89 bits per heavy atom. The van der Waals surface area contributed by atoms with Gasteiger partial charge in [-0.2, -0.15) is 0 Å². The molecule has 2 nitrogen and oxygen atoms in total. The third-order valence-corrected chi connectivity index (χ3v) is 3.99. The highest BCUT2D eigenvalue weighted by Gasteiger charge is 2.18. The zero-order valence-corrected chi connectivity index (χ0v) is 12.1. The quantitative estimate of drug-likeness (QED) is 0.881. The highest BCUT2D eigenvalue weighted by atomic mass is 35.5. The summed E-state index contributed by atoms with van der Waals surface area (Å²) in [6.07, 6.45) is 2.16. The van der Waals surface area contributed by atoms with Crippen LogP contribution in [0.2, 0.25) is 10.0 Å². The third-order valence-electron chi connectivity index (χ3n) is 3.42. The Bertz CT molecular complexity index is 391. The first-order valence-corrected chi connectivity index (χ1v) is 7.22. The maximum absolute atomic E-state index is 6.25. The van der Waals surface area contributed by atoms with Crippen LogP contribution in [0, 0.1) is 5.92 Å². The topological polar surface area (TPSA) is 21.3 Å². The summed E-state index contributed by atoms with van der Waals surface area (Å²) in [5, 5.41) is 5.00. The molecule has 0 aliphatic carbocycles. The number of rotatable bonds is 5. The standard InChI is InChI=1S/C14H19Cl2NO/c1-2-14(17-8-10-5-6-18-9-10)12-4-3-11(15)7-13(12)16/h3-4,7,10,14,17H,2,5-6,8-9H2,1H3. The van der Waals surface area contributed by atoms with Gasteiger partial charge >= 0.3 is 0 Å². The number of benzene rings is 1. The van der Waals surface area contributed by atoms with Gasteiger partial charge in [0.25, 0.3) is 0 Å². The molecule has 1 N–H and O–H groups in total. The molecule has 1 aliphatic rings. The molecule has 2 unspecified atom stereocenters. The van der Waals surface area contributed by atoms with Gasteiger partial charge in [0.05, 0.1) is 6.61 Å². The van der Waals surface area contributed by atoms with E-state index in [2.05, 4.69) is 12.2 Å². The highest BCUT2D eigenvalue weighted by molar-refractivity contribution is 6.35. The van der Waals surface area contributed by atoms with Gasteiger partial charge in [-0.05, 0) is 36.5 Å². The van der Waals surface area contributed by atoms with E-state index in [0.717, 1.165) is 43.2 Å². The first-order valence-electron chi connectivity index (χ1n) is 6.46. The summed E-state index contributed by atoms with van der Waals surface area (Å²) in [5.41, 5.74) is 1.13. The summed E-state index contributed by atoms with van der Waals surface area (Å²) in [7, 11) is 0. The molecule has 1 aromatic carbocycles. The predicted octanol–water partition coefficient (Wildman–Crippen LogP) is 4.07. The van der Waals surface area contributed by atoms with Crippen LogP contribution < -0.4 is 5.32 Å². The predicted molar refractivity (Wildman–Crippen MR) is 76.4 cm³/mol. The summed E-state index contributed by atoms with van der Waals surface area (Å²) in [6.45, 7) is 4.91. The minimum atomic E-state index is 0.287. The molecule has 4 heteroatoms. The highest BCUT2D eigenvalue weighted by Crippen LogP contribution is 2.28. The first kappa shape index (κ1) is 14.1. The average Bonchev–Trinajstić information content (AvgIpc) is 2.85. The number of ether oxygens (including phenoxy) is 1. The van der Waals surface area contributed by atoms with Crippen LogP contribution in [-0.4, -0.2) is 19.8 Å². The second kappa shape index (κ2) is 6.76. The molecule has 100 valence electrons. The zero-order chi connectivity index (χ0) is 13.0. The lowest BCUT2D eigenvalue weighted by molar-refractivity contribution is 0.184. The molecule has 0 radical (unpaired) electrons. The van der Waals surface area contributed by atoms with Gasteiger partial charge in [0.2, 0.25) is 0 Å². The van der Waals surface area contributed by atoms with Crippen molar-refractivity contribution >= 4 is 23.2 Å². The Hall–Kier alpha value is -0.280. The van der Waals surface area contributed by atoms with Crippen molar-refractivity contribution in [3.63, 3.8) is 0 Å². The SMILES string of the molecule is CCC(NCC1CCOC1)c1ccc(Cl)cc1Cl. The van der Waals surface area contributed by atoms with E-state index < -0.39 is 0 Å². The van der Waals surface area contributed by atoms with E-state index in [1.165, 1.54) is 0 Å². The molecule has 0 amide bonds. The third kappa shape index (κ3) is 3.61. The largest absolute Gasteiger partial charge is 0.381 e. The van der Waals surface area contributed by atoms with Crippen molar-refractivity contribution in [1.29, 1.82) is 0 Å². The van der Waals surface area contributed by atoms with Crippen molar-refractivity contribution in [3.05, 3.63) is 33.8 Å². The van der Waals surface area contributed by atoms with Gasteiger partial charge in [0, 0.05) is 29.2 Å². The lowest BCUT2D eigenvalue weighted by Crippen LogP contribution is -2.27. The van der Waals surface area contributed by atoms with Crippen LogP contribution in [0.1, 0.15) is 31.4 Å². The Balaban J connectivity index is 1.98. The van der Waals surface area contributed by atoms with Crippen LogP contribution in [-0.2, 0) is 4.74 Å². The zero-order valence-electron chi connectivity index (χ0n) is 10.6. The molecule has 0 bridgehead atoms. The van der Waals surface area contributed by atoms with E-state index in [1.54, 1.807) is 0 Å². The lowest BCUT2D eigenvalue weighted by Gasteiger charge is -2.20. The van der Waals surface area contributed by atoms with E-state index >= 15 is 0 Å². The number of halogens is 2. The Labute approximate surface area is 119 Å². The Kier molecular flexibility index (Phi) is 5.31. The van der Waals surface area contributed by atoms with Crippen molar-refractivity contribution < 1.29 is 4.74 Å². The smallest absolute Gasteiger partial charge is 0.0507 e. The van der Waals surface area contributed by atoms with Crippen molar-refractivity contribution in [1.82, 2.24) is 5.32 Å². The molecular formula is C14H19Cl2NO. The molecule has 1 heterocycles. The Morgan fingerprint density at radius 1 is 1.44 bits per heavy atom. The summed E-state index contributed by atoms with van der Waals surface area (Å²) >= 11 is 12.2. The van der Waals surface area contributed by atoms with Gasteiger partial charge in [0.15, 0.2) is 0 Å². The molecule has 1 aliphatic heterocycles. The minimum Gasteiger partial charge on any atom is -0.381 e. The van der Waals surface area contributed by atoms with Crippen LogP contribution in [0.4, 0.5) is 0 Å². The van der Waals surface area contributed by atoms with E-state index in [9.17, 15) is 0 Å². The fourth-order valence-electron chi connectivity index (χ4n) is 2.31. The molecule has 1 saturated heterocycles. The molecule has 1 fully saturated rings. The molecule has 0 spiro atoms. The lowest BCUT2D eigenvalue weighted by atomic mass is 10.0. The minimum absolute atomic E-state index is 0.287. The second-order valence-electron chi connectivity index (χ2n) is 4.76. The first-order chi connectivity index (χ1) is 8.70. The van der Waals surface area contributed by atoms with Gasteiger partial charge in [-0.3, -0.25) is 0 Å². The van der Waals surface area contributed by atoms with Gasteiger partial charge in [0.1, 0.15) is 0 Å². The molecule has 1 aromatic rings. The van der Waals surface area contributed by atoms with Gasteiger partial charge in [-0.1, -0.05) is 36.2 Å². The maximum Gasteiger partial charge on any atom is 0.0507 e. The normalized spacial score (nSPS) is 21.2. The van der Waals surface area contributed by atoms with Crippen LogP contribution in [0.5, 0.6) is 0 Å². The molecule has 2 rings (SSSR count). The van der Waals surface area contributed by atoms with Crippen LogP contribution >= 0.6 is 23.2 Å². The van der Waals surface area contributed by atoms with Gasteiger partial charge in [-0.25, -0.2) is 0 Å². The molecule has 2 atom stereocenters. The molecule has 0 aromatic heterocycles. The second-order valence-corrected chi connectivity index (χ2v) is 5.61. The van der Waals surface area contributed by atoms with Crippen molar-refractivity contribution in [2.75, 3.05) is 19.8 Å². The molecule has 0 saturated carbocycles. The van der Waals surface area contributed by atoms with Crippen LogP contribution in [0.3, 0.4) is 0 Å². The monoisotopic (exact) mass is 287 g/mol. The molecule has 18 heavy (non-hydrogen) atoms. The van der Waals surface area contributed by atoms with E-state index in [0.29, 0.717) is 10.9 Å². The van der Waals surface area contributed by atoms with E-state index in [-0.39, 0.29) is 6.04 Å². The fraction of sp³-hybridized carbons (Fsp3) is 0.571. The van der Waals surface area contributed by atoms with Crippen molar-refractivity contribution in [3.8, 4) is 0 Å². The van der Waals surface area contributed by atoms with Gasteiger partial charge < -0.3 is 10.1 Å². The average molecular weight is 288 g/mol. The van der Waals surface area contributed by atoms with Crippen molar-refractivity contribution in [2.45, 2.75) is 25.8 Å². The summed E-state index contributed by atoms with van der Waals surface area (Å²) in [6, 6.07) is 6.00. The van der Waals surface area contributed by atoms with E-state index in [1.807, 2.05) is 18.2 Å². The number of hydrogen-bond donors (Lipinski definition) is 1. The number of nitrogens with one attached hydrogen (secondary N) is 1. The van der Waals surface area contributed by atoms with Gasteiger partial charge in [-0.15, -0.1) is 0 Å². The van der Waals surface area contributed by atoms with Crippen molar-refractivity contribution in [2.24, 2.45) is 5.92 Å². The fourth-order valence-corrected chi connectivity index (χ4v) is 2.85.